The van der Waals surface area contributed by atoms with Crippen LogP contribution in [0.15, 0.2) is 18.2 Å². The molecule has 0 amide bonds. The van der Waals surface area contributed by atoms with Gasteiger partial charge in [0.15, 0.2) is 0 Å². The third-order valence-electron chi connectivity index (χ3n) is 5.39. The van der Waals surface area contributed by atoms with Crippen LogP contribution >= 0.6 is 11.6 Å². The van der Waals surface area contributed by atoms with Crippen LogP contribution in [-0.2, 0) is 0 Å². The first-order valence-electron chi connectivity index (χ1n) is 7.75. The number of benzene rings is 1. The summed E-state index contributed by atoms with van der Waals surface area (Å²) in [5, 5.41) is 3.86. The number of nitrogens with one attached hydrogen (secondary N) is 1. The molecule has 2 fully saturated rings. The van der Waals surface area contributed by atoms with Crippen molar-refractivity contribution in [3.63, 3.8) is 0 Å². The van der Waals surface area contributed by atoms with E-state index in [-0.39, 0.29) is 16.9 Å². The molecule has 5 unspecified atom stereocenters. The van der Waals surface area contributed by atoms with Crippen molar-refractivity contribution in [3.05, 3.63) is 34.6 Å². The van der Waals surface area contributed by atoms with Crippen molar-refractivity contribution in [3.8, 4) is 0 Å². The molecule has 0 saturated heterocycles. The van der Waals surface area contributed by atoms with Gasteiger partial charge in [-0.1, -0.05) is 24.1 Å². The van der Waals surface area contributed by atoms with Crippen molar-refractivity contribution in [2.45, 2.75) is 51.6 Å². The molecule has 2 saturated carbocycles. The lowest BCUT2D eigenvalue weighted by molar-refractivity contribution is 0.248. The van der Waals surface area contributed by atoms with E-state index in [2.05, 4.69) is 19.2 Å². The highest BCUT2D eigenvalue weighted by Gasteiger charge is 2.41. The van der Waals surface area contributed by atoms with E-state index in [1.807, 2.05) is 6.07 Å². The number of fused-ring (bicyclic) bond motifs is 2. The Morgan fingerprint density at radius 1 is 1.25 bits per heavy atom. The molecule has 1 aromatic rings. The van der Waals surface area contributed by atoms with E-state index in [9.17, 15) is 4.39 Å². The van der Waals surface area contributed by atoms with Gasteiger partial charge in [0.2, 0.25) is 0 Å². The second kappa shape index (κ2) is 5.65. The van der Waals surface area contributed by atoms with Crippen LogP contribution < -0.4 is 5.32 Å². The van der Waals surface area contributed by atoms with Crippen LogP contribution in [0, 0.1) is 23.6 Å². The minimum Gasteiger partial charge on any atom is -0.307 e. The fraction of sp³-hybridized carbons (Fsp3) is 0.647. The second-order valence-corrected chi connectivity index (χ2v) is 7.10. The average Bonchev–Trinajstić information content (AvgIpc) is 3.04. The van der Waals surface area contributed by atoms with Gasteiger partial charge in [-0.25, -0.2) is 4.39 Å². The van der Waals surface area contributed by atoms with Gasteiger partial charge in [0.25, 0.3) is 0 Å². The Morgan fingerprint density at radius 2 is 2.05 bits per heavy atom. The number of hydrogen-bond acceptors (Lipinski definition) is 1. The lowest BCUT2D eigenvalue weighted by Crippen LogP contribution is -2.37. The fourth-order valence-electron chi connectivity index (χ4n) is 4.30. The van der Waals surface area contributed by atoms with E-state index in [0.717, 1.165) is 23.3 Å². The minimum absolute atomic E-state index is 0.163. The van der Waals surface area contributed by atoms with Gasteiger partial charge >= 0.3 is 0 Å². The fourth-order valence-corrected chi connectivity index (χ4v) is 4.42. The summed E-state index contributed by atoms with van der Waals surface area (Å²) in [7, 11) is 0. The maximum absolute atomic E-state index is 13.5. The monoisotopic (exact) mass is 295 g/mol. The Morgan fingerprint density at radius 3 is 2.65 bits per heavy atom. The Bertz CT molecular complexity index is 490. The highest BCUT2D eigenvalue weighted by Crippen LogP contribution is 2.49. The minimum atomic E-state index is -0.328. The van der Waals surface area contributed by atoms with Crippen LogP contribution in [0.3, 0.4) is 0 Å². The third-order valence-corrected chi connectivity index (χ3v) is 5.70. The first kappa shape index (κ1) is 14.3. The predicted molar refractivity (Wildman–Crippen MR) is 81.4 cm³/mol. The Labute approximate surface area is 125 Å². The molecule has 2 bridgehead atoms. The molecule has 1 N–H and O–H groups in total. The summed E-state index contributed by atoms with van der Waals surface area (Å²) < 4.78 is 13.5. The van der Waals surface area contributed by atoms with Crippen molar-refractivity contribution in [2.24, 2.45) is 17.8 Å². The van der Waals surface area contributed by atoms with Crippen LogP contribution in [0.5, 0.6) is 0 Å². The summed E-state index contributed by atoms with van der Waals surface area (Å²) in [6.45, 7) is 4.39. The molecule has 2 aliphatic rings. The van der Waals surface area contributed by atoms with Crippen molar-refractivity contribution in [1.82, 2.24) is 5.32 Å². The Kier molecular flexibility index (Phi) is 4.05. The van der Waals surface area contributed by atoms with Gasteiger partial charge in [0, 0.05) is 12.1 Å². The van der Waals surface area contributed by atoms with Gasteiger partial charge in [-0.15, -0.1) is 0 Å². The van der Waals surface area contributed by atoms with E-state index < -0.39 is 0 Å². The van der Waals surface area contributed by atoms with Crippen LogP contribution in [0.2, 0.25) is 5.02 Å². The summed E-state index contributed by atoms with van der Waals surface area (Å²) >= 11 is 5.74. The van der Waals surface area contributed by atoms with E-state index in [1.54, 1.807) is 12.1 Å². The molecule has 3 heteroatoms. The molecule has 1 nitrogen and oxygen atoms in total. The highest BCUT2D eigenvalue weighted by molar-refractivity contribution is 6.30. The van der Waals surface area contributed by atoms with Crippen LogP contribution in [-0.4, -0.2) is 6.04 Å². The average molecular weight is 296 g/mol. The standard InChI is InChI=1S/C17H23ClFN/c1-10(13-5-6-16(18)17(19)9-13)20-11(2)15-8-12-3-4-14(15)7-12/h5-6,9-12,14-15,20H,3-4,7-8H2,1-2H3. The molecule has 0 aromatic heterocycles. The van der Waals surface area contributed by atoms with Gasteiger partial charge in [-0.05, 0) is 68.6 Å². The summed E-state index contributed by atoms with van der Waals surface area (Å²) in [6, 6.07) is 5.77. The molecule has 110 valence electrons. The second-order valence-electron chi connectivity index (χ2n) is 6.69. The SMILES string of the molecule is CC(NC(C)C1CC2CCC1C2)c1ccc(Cl)c(F)c1. The molecular formula is C17H23ClFN. The maximum atomic E-state index is 13.5. The first-order valence-corrected chi connectivity index (χ1v) is 8.13. The Hall–Kier alpha value is -0.600. The number of hydrogen-bond donors (Lipinski definition) is 1. The van der Waals surface area contributed by atoms with Crippen molar-refractivity contribution in [2.75, 3.05) is 0 Å². The molecule has 20 heavy (non-hydrogen) atoms. The quantitative estimate of drug-likeness (QED) is 0.828. The van der Waals surface area contributed by atoms with E-state index in [4.69, 9.17) is 11.6 Å². The molecule has 1 aromatic carbocycles. The zero-order valence-electron chi connectivity index (χ0n) is 12.2. The van der Waals surface area contributed by atoms with Gasteiger partial charge < -0.3 is 5.32 Å². The smallest absolute Gasteiger partial charge is 0.142 e. The summed E-state index contributed by atoms with van der Waals surface area (Å²) in [6.07, 6.45) is 5.65. The Balaban J connectivity index is 1.63. The van der Waals surface area contributed by atoms with Crippen molar-refractivity contribution in [1.29, 1.82) is 0 Å². The van der Waals surface area contributed by atoms with Gasteiger partial charge in [-0.3, -0.25) is 0 Å². The van der Waals surface area contributed by atoms with E-state index >= 15 is 0 Å². The van der Waals surface area contributed by atoms with Crippen LogP contribution in [0.1, 0.15) is 51.1 Å². The zero-order valence-corrected chi connectivity index (χ0v) is 13.0. The molecule has 0 spiro atoms. The normalized spacial score (nSPS) is 31.5. The van der Waals surface area contributed by atoms with Crippen molar-refractivity contribution < 1.29 is 4.39 Å². The van der Waals surface area contributed by atoms with Crippen LogP contribution in [0.4, 0.5) is 4.39 Å². The lowest BCUT2D eigenvalue weighted by atomic mass is 9.83. The highest BCUT2D eigenvalue weighted by atomic mass is 35.5. The number of rotatable bonds is 4. The third kappa shape index (κ3) is 2.73. The summed E-state index contributed by atoms with van der Waals surface area (Å²) in [4.78, 5) is 0. The maximum Gasteiger partial charge on any atom is 0.142 e. The zero-order chi connectivity index (χ0) is 14.3. The molecule has 3 rings (SSSR count). The molecule has 5 atom stereocenters. The van der Waals surface area contributed by atoms with Gasteiger partial charge in [0.1, 0.15) is 5.82 Å². The van der Waals surface area contributed by atoms with Crippen molar-refractivity contribution >= 4 is 11.6 Å². The molecule has 0 aliphatic heterocycles. The summed E-state index contributed by atoms with van der Waals surface area (Å²) in [5.41, 5.74) is 0.974. The van der Waals surface area contributed by atoms with Crippen LogP contribution in [0.25, 0.3) is 0 Å². The largest absolute Gasteiger partial charge is 0.307 e. The molecular weight excluding hydrogens is 273 g/mol. The molecule has 2 aliphatic carbocycles. The molecule has 0 heterocycles. The summed E-state index contributed by atoms with van der Waals surface area (Å²) in [5.74, 6) is 2.35. The van der Waals surface area contributed by atoms with E-state index in [0.29, 0.717) is 6.04 Å². The number of halogens is 2. The predicted octanol–water partition coefficient (Wildman–Crippen LogP) is 4.95. The first-order chi connectivity index (χ1) is 9.54. The lowest BCUT2D eigenvalue weighted by Gasteiger charge is -2.31. The van der Waals surface area contributed by atoms with Gasteiger partial charge in [0.05, 0.1) is 5.02 Å². The van der Waals surface area contributed by atoms with E-state index in [1.165, 1.54) is 25.7 Å². The molecule has 0 radical (unpaired) electrons. The topological polar surface area (TPSA) is 12.0 Å². The van der Waals surface area contributed by atoms with Gasteiger partial charge in [-0.2, -0.15) is 0 Å².